The van der Waals surface area contributed by atoms with Crippen molar-refractivity contribution in [3.63, 3.8) is 0 Å². The van der Waals surface area contributed by atoms with Crippen LogP contribution in [0.5, 0.6) is 0 Å². The van der Waals surface area contributed by atoms with Gasteiger partial charge < -0.3 is 5.73 Å². The molecule has 3 rings (SSSR count). The SMILES string of the molecule is NC(Cc1ccsc1)c1cc2ccc(F)cc2s1. The number of hydrogen-bond donors (Lipinski definition) is 1. The lowest BCUT2D eigenvalue weighted by atomic mass is 10.1. The Bertz CT molecular complexity index is 658. The molecule has 0 saturated heterocycles. The van der Waals surface area contributed by atoms with E-state index in [-0.39, 0.29) is 11.9 Å². The Hall–Kier alpha value is -1.23. The molecule has 0 bridgehead atoms. The normalized spacial score (nSPS) is 13.0. The Morgan fingerprint density at radius 1 is 1.22 bits per heavy atom. The van der Waals surface area contributed by atoms with Crippen LogP contribution in [0.1, 0.15) is 16.5 Å². The van der Waals surface area contributed by atoms with Crippen LogP contribution in [0.2, 0.25) is 0 Å². The van der Waals surface area contributed by atoms with Crippen molar-refractivity contribution in [1.82, 2.24) is 0 Å². The molecule has 1 aromatic carbocycles. The first-order chi connectivity index (χ1) is 8.72. The lowest BCUT2D eigenvalue weighted by molar-refractivity contribution is 0.630. The molecule has 1 atom stereocenters. The smallest absolute Gasteiger partial charge is 0.124 e. The Morgan fingerprint density at radius 2 is 2.11 bits per heavy atom. The minimum absolute atomic E-state index is 0.0138. The summed E-state index contributed by atoms with van der Waals surface area (Å²) in [6, 6.07) is 9.01. The zero-order chi connectivity index (χ0) is 12.5. The van der Waals surface area contributed by atoms with Gasteiger partial charge in [-0.15, -0.1) is 11.3 Å². The van der Waals surface area contributed by atoms with Gasteiger partial charge in [-0.25, -0.2) is 4.39 Å². The van der Waals surface area contributed by atoms with E-state index < -0.39 is 0 Å². The monoisotopic (exact) mass is 277 g/mol. The molecular formula is C14H12FNS2. The van der Waals surface area contributed by atoms with Crippen LogP contribution in [-0.2, 0) is 6.42 Å². The molecule has 2 heterocycles. The number of nitrogens with two attached hydrogens (primary N) is 1. The molecule has 0 radical (unpaired) electrons. The second-order valence-corrected chi connectivity index (χ2v) is 6.17. The van der Waals surface area contributed by atoms with Gasteiger partial charge in [0.05, 0.1) is 0 Å². The molecule has 18 heavy (non-hydrogen) atoms. The van der Waals surface area contributed by atoms with Crippen LogP contribution in [0.25, 0.3) is 10.1 Å². The van der Waals surface area contributed by atoms with Crippen molar-refractivity contribution in [2.75, 3.05) is 0 Å². The maximum atomic E-state index is 13.1. The predicted octanol–water partition coefficient (Wildman–Crippen LogP) is 4.34. The standard InChI is InChI=1S/C14H12FNS2/c15-11-2-1-10-6-14(18-13(10)7-11)12(16)5-9-3-4-17-8-9/h1-4,6-8,12H,5,16H2. The van der Waals surface area contributed by atoms with E-state index in [0.29, 0.717) is 0 Å². The van der Waals surface area contributed by atoms with Gasteiger partial charge in [-0.05, 0) is 52.4 Å². The highest BCUT2D eigenvalue weighted by Gasteiger charge is 2.11. The molecule has 0 fully saturated rings. The number of rotatable bonds is 3. The van der Waals surface area contributed by atoms with E-state index >= 15 is 0 Å². The summed E-state index contributed by atoms with van der Waals surface area (Å²) in [4.78, 5) is 1.11. The predicted molar refractivity (Wildman–Crippen MR) is 76.7 cm³/mol. The fourth-order valence-corrected chi connectivity index (χ4v) is 3.74. The zero-order valence-corrected chi connectivity index (χ0v) is 11.2. The first kappa shape index (κ1) is 11.8. The average molecular weight is 277 g/mol. The second-order valence-electron chi connectivity index (χ2n) is 4.27. The number of benzene rings is 1. The Balaban J connectivity index is 1.89. The van der Waals surface area contributed by atoms with Crippen molar-refractivity contribution in [2.24, 2.45) is 5.73 Å². The summed E-state index contributed by atoms with van der Waals surface area (Å²) >= 11 is 3.26. The first-order valence-electron chi connectivity index (χ1n) is 5.68. The van der Waals surface area contributed by atoms with Crippen molar-refractivity contribution in [3.05, 3.63) is 57.3 Å². The number of thiophene rings is 2. The summed E-state index contributed by atoms with van der Waals surface area (Å²) in [7, 11) is 0. The Labute approximate surface area is 113 Å². The van der Waals surface area contributed by atoms with E-state index in [1.807, 2.05) is 6.07 Å². The molecule has 1 unspecified atom stereocenters. The van der Waals surface area contributed by atoms with Crippen LogP contribution in [-0.4, -0.2) is 0 Å². The third-order valence-corrected chi connectivity index (χ3v) is 4.86. The average Bonchev–Trinajstić information content (AvgIpc) is 2.96. The topological polar surface area (TPSA) is 26.0 Å². The molecule has 0 amide bonds. The zero-order valence-electron chi connectivity index (χ0n) is 9.60. The van der Waals surface area contributed by atoms with E-state index in [1.54, 1.807) is 28.7 Å². The highest BCUT2D eigenvalue weighted by Crippen LogP contribution is 2.31. The molecule has 0 aliphatic heterocycles. The van der Waals surface area contributed by atoms with Gasteiger partial charge in [-0.1, -0.05) is 6.07 Å². The summed E-state index contributed by atoms with van der Waals surface area (Å²) in [6.45, 7) is 0. The molecule has 2 N–H and O–H groups in total. The highest BCUT2D eigenvalue weighted by atomic mass is 32.1. The second kappa shape index (κ2) is 4.80. The minimum atomic E-state index is -0.192. The minimum Gasteiger partial charge on any atom is -0.323 e. The van der Waals surface area contributed by atoms with E-state index in [9.17, 15) is 4.39 Å². The molecule has 0 saturated carbocycles. The van der Waals surface area contributed by atoms with Crippen molar-refractivity contribution in [3.8, 4) is 0 Å². The molecule has 92 valence electrons. The van der Waals surface area contributed by atoms with Crippen molar-refractivity contribution in [1.29, 1.82) is 0 Å². The molecule has 2 aromatic heterocycles. The fraction of sp³-hybridized carbons (Fsp3) is 0.143. The van der Waals surface area contributed by atoms with E-state index in [0.717, 1.165) is 21.4 Å². The van der Waals surface area contributed by atoms with E-state index in [4.69, 9.17) is 5.73 Å². The molecule has 0 spiro atoms. The maximum Gasteiger partial charge on any atom is 0.124 e. The van der Waals surface area contributed by atoms with Crippen LogP contribution < -0.4 is 5.73 Å². The lowest BCUT2D eigenvalue weighted by Crippen LogP contribution is -2.11. The quantitative estimate of drug-likeness (QED) is 0.757. The first-order valence-corrected chi connectivity index (χ1v) is 7.44. The summed E-state index contributed by atoms with van der Waals surface area (Å²) in [5.41, 5.74) is 7.47. The largest absolute Gasteiger partial charge is 0.323 e. The number of fused-ring (bicyclic) bond motifs is 1. The summed E-state index contributed by atoms with van der Waals surface area (Å²) in [5.74, 6) is -0.192. The van der Waals surface area contributed by atoms with Gasteiger partial charge in [-0.2, -0.15) is 11.3 Å². The molecule has 3 aromatic rings. The van der Waals surface area contributed by atoms with E-state index in [1.165, 1.54) is 11.6 Å². The van der Waals surface area contributed by atoms with Crippen LogP contribution in [0, 0.1) is 5.82 Å². The Kier molecular flexibility index (Phi) is 3.16. The van der Waals surface area contributed by atoms with Crippen LogP contribution in [0.3, 0.4) is 0 Å². The highest BCUT2D eigenvalue weighted by molar-refractivity contribution is 7.19. The van der Waals surface area contributed by atoms with Crippen LogP contribution >= 0.6 is 22.7 Å². The van der Waals surface area contributed by atoms with Gasteiger partial charge in [-0.3, -0.25) is 0 Å². The molecule has 0 aliphatic carbocycles. The molecule has 1 nitrogen and oxygen atoms in total. The number of halogens is 1. The molecule has 0 aliphatic rings. The fourth-order valence-electron chi connectivity index (χ4n) is 1.97. The van der Waals surface area contributed by atoms with Gasteiger partial charge in [0.2, 0.25) is 0 Å². The summed E-state index contributed by atoms with van der Waals surface area (Å²) < 4.78 is 14.1. The maximum absolute atomic E-state index is 13.1. The van der Waals surface area contributed by atoms with Crippen LogP contribution in [0.4, 0.5) is 4.39 Å². The Morgan fingerprint density at radius 3 is 2.89 bits per heavy atom. The van der Waals surface area contributed by atoms with Gasteiger partial charge in [0, 0.05) is 15.6 Å². The van der Waals surface area contributed by atoms with Crippen molar-refractivity contribution < 1.29 is 4.39 Å². The molecule has 4 heteroatoms. The third-order valence-electron chi connectivity index (χ3n) is 2.90. The van der Waals surface area contributed by atoms with Gasteiger partial charge in [0.25, 0.3) is 0 Å². The molecular weight excluding hydrogens is 265 g/mol. The van der Waals surface area contributed by atoms with Gasteiger partial charge in [0.1, 0.15) is 5.82 Å². The van der Waals surface area contributed by atoms with Gasteiger partial charge in [0.15, 0.2) is 0 Å². The van der Waals surface area contributed by atoms with Crippen molar-refractivity contribution >= 4 is 32.8 Å². The number of hydrogen-bond acceptors (Lipinski definition) is 3. The summed E-state index contributed by atoms with van der Waals surface area (Å²) in [5, 5.41) is 5.24. The van der Waals surface area contributed by atoms with E-state index in [2.05, 4.69) is 22.9 Å². The third kappa shape index (κ3) is 2.32. The lowest BCUT2D eigenvalue weighted by Gasteiger charge is -2.07. The van der Waals surface area contributed by atoms with Gasteiger partial charge >= 0.3 is 0 Å². The summed E-state index contributed by atoms with van der Waals surface area (Å²) in [6.07, 6.45) is 0.832. The van der Waals surface area contributed by atoms with Crippen LogP contribution in [0.15, 0.2) is 41.1 Å². The van der Waals surface area contributed by atoms with Crippen molar-refractivity contribution in [2.45, 2.75) is 12.5 Å².